The van der Waals surface area contributed by atoms with Gasteiger partial charge in [0.05, 0.1) is 23.8 Å². The summed E-state index contributed by atoms with van der Waals surface area (Å²) in [4.78, 5) is 14.6. The van der Waals surface area contributed by atoms with Crippen molar-refractivity contribution < 1.29 is 17.9 Å². The second-order valence-electron chi connectivity index (χ2n) is 6.06. The van der Waals surface area contributed by atoms with E-state index in [1.807, 2.05) is 13.8 Å². The van der Waals surface area contributed by atoms with Gasteiger partial charge in [0.1, 0.15) is 0 Å². The zero-order chi connectivity index (χ0) is 17.3. The Balaban J connectivity index is 2.10. The van der Waals surface area contributed by atoms with Gasteiger partial charge in [-0.1, -0.05) is 25.1 Å². The second-order valence-corrected chi connectivity index (χ2v) is 7.92. The van der Waals surface area contributed by atoms with E-state index in [-0.39, 0.29) is 15.8 Å². The van der Waals surface area contributed by atoms with Gasteiger partial charge in [-0.05, 0) is 19.4 Å². The van der Waals surface area contributed by atoms with Gasteiger partial charge in [-0.25, -0.2) is 8.42 Å². The van der Waals surface area contributed by atoms with Crippen LogP contribution in [0.3, 0.4) is 0 Å². The minimum atomic E-state index is -3.81. The van der Waals surface area contributed by atoms with E-state index in [0.717, 1.165) is 6.42 Å². The van der Waals surface area contributed by atoms with Gasteiger partial charge < -0.3 is 15.0 Å². The monoisotopic (exact) mass is 350 g/mol. The molecular weight excluding hydrogens is 328 g/mol. The average molecular weight is 350 g/mol. The number of amides is 1. The predicted molar refractivity (Wildman–Crippen MR) is 90.8 cm³/mol. The number of sulfone groups is 1. The van der Waals surface area contributed by atoms with Crippen molar-refractivity contribution in [1.82, 2.24) is 10.2 Å². The van der Waals surface area contributed by atoms with Gasteiger partial charge in [0.15, 0.2) is 4.91 Å². The van der Waals surface area contributed by atoms with E-state index in [1.165, 1.54) is 0 Å². The van der Waals surface area contributed by atoms with E-state index < -0.39 is 15.7 Å². The number of rotatable bonds is 4. The Labute approximate surface area is 142 Å². The third kappa shape index (κ3) is 2.82. The van der Waals surface area contributed by atoms with Crippen molar-refractivity contribution >= 4 is 21.4 Å². The molecule has 0 radical (unpaired) electrons. The first-order valence-corrected chi connectivity index (χ1v) is 9.67. The van der Waals surface area contributed by atoms with E-state index in [0.29, 0.717) is 37.6 Å². The summed E-state index contributed by atoms with van der Waals surface area (Å²) < 4.78 is 31.2. The molecule has 24 heavy (non-hydrogen) atoms. The Morgan fingerprint density at radius 1 is 1.29 bits per heavy atom. The van der Waals surface area contributed by atoms with Crippen LogP contribution < -0.4 is 5.32 Å². The van der Waals surface area contributed by atoms with E-state index in [1.54, 1.807) is 29.2 Å². The molecule has 0 bridgehead atoms. The van der Waals surface area contributed by atoms with Gasteiger partial charge in [-0.2, -0.15) is 0 Å². The minimum Gasteiger partial charge on any atom is -0.381 e. The molecule has 1 aromatic rings. The Morgan fingerprint density at radius 2 is 1.96 bits per heavy atom. The summed E-state index contributed by atoms with van der Waals surface area (Å²) >= 11 is 0. The van der Waals surface area contributed by atoms with Crippen molar-refractivity contribution in [1.29, 1.82) is 0 Å². The summed E-state index contributed by atoms with van der Waals surface area (Å²) in [7, 11) is -3.81. The molecular formula is C17H22N2O4S. The highest BCUT2D eigenvalue weighted by Crippen LogP contribution is 2.38. The fourth-order valence-electron chi connectivity index (χ4n) is 2.90. The maximum Gasteiger partial charge on any atom is 0.268 e. The first kappa shape index (κ1) is 17.0. The van der Waals surface area contributed by atoms with Gasteiger partial charge in [-0.3, -0.25) is 4.79 Å². The molecule has 0 aromatic heterocycles. The lowest BCUT2D eigenvalue weighted by molar-refractivity contribution is -0.130. The maximum atomic E-state index is 13.0. The standard InChI is InChI=1S/C17H22N2O4S/c1-3-12(2)18-15-13-6-4-5-7-14(13)24(21,22)16(15)17(20)19-8-10-23-11-9-19/h4-7,12,18H,3,8-11H2,1-2H3/t12-/m1/s1. The fourth-order valence-corrected chi connectivity index (χ4v) is 4.63. The quantitative estimate of drug-likeness (QED) is 0.888. The van der Waals surface area contributed by atoms with Crippen LogP contribution in [-0.4, -0.2) is 51.6 Å². The Bertz CT molecular complexity index is 780. The van der Waals surface area contributed by atoms with Crippen molar-refractivity contribution in [2.75, 3.05) is 26.3 Å². The molecule has 1 saturated heterocycles. The summed E-state index contributed by atoms with van der Waals surface area (Å²) in [6.07, 6.45) is 0.824. The molecule has 1 amide bonds. The van der Waals surface area contributed by atoms with Crippen LogP contribution in [0.5, 0.6) is 0 Å². The molecule has 130 valence electrons. The van der Waals surface area contributed by atoms with Gasteiger partial charge in [0.2, 0.25) is 9.84 Å². The van der Waals surface area contributed by atoms with Gasteiger partial charge >= 0.3 is 0 Å². The second kappa shape index (κ2) is 6.57. The molecule has 7 heteroatoms. The molecule has 1 fully saturated rings. The summed E-state index contributed by atoms with van der Waals surface area (Å²) in [6.45, 7) is 5.66. The number of benzene rings is 1. The highest BCUT2D eigenvalue weighted by molar-refractivity contribution is 7.97. The third-order valence-corrected chi connectivity index (χ3v) is 6.29. The summed E-state index contributed by atoms with van der Waals surface area (Å²) in [5.74, 6) is -0.444. The molecule has 2 aliphatic heterocycles. The van der Waals surface area contributed by atoms with Gasteiger partial charge in [-0.15, -0.1) is 0 Å². The molecule has 1 atom stereocenters. The summed E-state index contributed by atoms with van der Waals surface area (Å²) in [5, 5.41) is 3.23. The number of carbonyl (C=O) groups excluding carboxylic acids is 1. The number of carbonyl (C=O) groups is 1. The SMILES string of the molecule is CC[C@@H](C)NC1=C(C(=O)N2CCOCC2)S(=O)(=O)c2ccccc21. The van der Waals surface area contributed by atoms with E-state index >= 15 is 0 Å². The first-order valence-electron chi connectivity index (χ1n) is 8.19. The van der Waals surface area contributed by atoms with Crippen molar-refractivity contribution in [2.24, 2.45) is 0 Å². The first-order chi connectivity index (χ1) is 11.5. The Morgan fingerprint density at radius 3 is 2.62 bits per heavy atom. The minimum absolute atomic E-state index is 0.0637. The smallest absolute Gasteiger partial charge is 0.268 e. The molecule has 3 rings (SSSR count). The lowest BCUT2D eigenvalue weighted by Crippen LogP contribution is -2.42. The van der Waals surface area contributed by atoms with Crippen molar-refractivity contribution in [2.45, 2.75) is 31.2 Å². The van der Waals surface area contributed by atoms with Crippen LogP contribution >= 0.6 is 0 Å². The highest BCUT2D eigenvalue weighted by Gasteiger charge is 2.42. The van der Waals surface area contributed by atoms with Crippen molar-refractivity contribution in [3.8, 4) is 0 Å². The van der Waals surface area contributed by atoms with Crippen molar-refractivity contribution in [3.05, 3.63) is 34.7 Å². The Hall–Kier alpha value is -1.86. The summed E-state index contributed by atoms with van der Waals surface area (Å²) in [6, 6.07) is 6.84. The predicted octanol–water partition coefficient (Wildman–Crippen LogP) is 1.39. The third-order valence-electron chi connectivity index (χ3n) is 4.44. The Kier molecular flexibility index (Phi) is 4.64. The van der Waals surface area contributed by atoms with Crippen LogP contribution in [0.1, 0.15) is 25.8 Å². The molecule has 2 heterocycles. The number of ether oxygens (including phenoxy) is 1. The van der Waals surface area contributed by atoms with Crippen LogP contribution in [0.15, 0.2) is 34.1 Å². The average Bonchev–Trinajstić information content (AvgIpc) is 2.82. The largest absolute Gasteiger partial charge is 0.381 e. The maximum absolute atomic E-state index is 13.0. The number of hydrogen-bond acceptors (Lipinski definition) is 5. The zero-order valence-corrected chi connectivity index (χ0v) is 14.7. The molecule has 1 N–H and O–H groups in total. The molecule has 0 unspecified atom stereocenters. The number of nitrogens with zero attached hydrogens (tertiary/aromatic N) is 1. The van der Waals surface area contributed by atoms with Crippen LogP contribution in [0.4, 0.5) is 0 Å². The number of hydrogen-bond donors (Lipinski definition) is 1. The normalized spacial score (nSPS) is 20.7. The topological polar surface area (TPSA) is 75.7 Å². The molecule has 1 aromatic carbocycles. The van der Waals surface area contributed by atoms with Gasteiger partial charge in [0.25, 0.3) is 5.91 Å². The van der Waals surface area contributed by atoms with E-state index in [9.17, 15) is 13.2 Å². The van der Waals surface area contributed by atoms with Crippen LogP contribution in [-0.2, 0) is 19.4 Å². The molecule has 2 aliphatic rings. The van der Waals surface area contributed by atoms with E-state index in [2.05, 4.69) is 5.32 Å². The zero-order valence-electron chi connectivity index (χ0n) is 13.9. The van der Waals surface area contributed by atoms with Gasteiger partial charge in [0, 0.05) is 24.7 Å². The molecule has 0 aliphatic carbocycles. The van der Waals surface area contributed by atoms with Crippen molar-refractivity contribution in [3.63, 3.8) is 0 Å². The number of morpholine rings is 1. The van der Waals surface area contributed by atoms with E-state index in [4.69, 9.17) is 4.74 Å². The fraction of sp³-hybridized carbons (Fsp3) is 0.471. The number of nitrogens with one attached hydrogen (secondary N) is 1. The highest BCUT2D eigenvalue weighted by atomic mass is 32.2. The van der Waals surface area contributed by atoms with Crippen LogP contribution in [0.25, 0.3) is 5.70 Å². The molecule has 6 nitrogen and oxygen atoms in total. The molecule has 0 spiro atoms. The van der Waals surface area contributed by atoms with Crippen LogP contribution in [0.2, 0.25) is 0 Å². The van der Waals surface area contributed by atoms with Crippen LogP contribution in [0, 0.1) is 0 Å². The lowest BCUT2D eigenvalue weighted by Gasteiger charge is -2.27. The molecule has 0 saturated carbocycles. The lowest BCUT2D eigenvalue weighted by atomic mass is 10.1. The number of fused-ring (bicyclic) bond motifs is 1. The summed E-state index contributed by atoms with van der Waals surface area (Å²) in [5.41, 5.74) is 1.01.